The molecular weight excluding hydrogens is 280 g/mol. The van der Waals surface area contributed by atoms with Crippen molar-refractivity contribution in [2.24, 2.45) is 5.92 Å². The van der Waals surface area contributed by atoms with Crippen LogP contribution in [0.1, 0.15) is 19.8 Å². The van der Waals surface area contributed by atoms with E-state index in [2.05, 4.69) is 10.6 Å². The summed E-state index contributed by atoms with van der Waals surface area (Å²) < 4.78 is 5.57. The molecule has 0 spiro atoms. The predicted molar refractivity (Wildman–Crippen MR) is 77.0 cm³/mol. The van der Waals surface area contributed by atoms with E-state index in [4.69, 9.17) is 16.3 Å². The number of benzene rings is 1. The number of carbonyl (C=O) groups is 2. The Labute approximate surface area is 122 Å². The van der Waals surface area contributed by atoms with Gasteiger partial charge >= 0.3 is 0 Å². The zero-order valence-corrected chi connectivity index (χ0v) is 12.0. The number of ether oxygens (including phenoxy) is 1. The lowest BCUT2D eigenvalue weighted by atomic mass is 10.1. The van der Waals surface area contributed by atoms with Crippen molar-refractivity contribution in [2.45, 2.75) is 19.8 Å². The van der Waals surface area contributed by atoms with E-state index in [1.807, 2.05) is 6.92 Å². The number of anilines is 1. The Morgan fingerprint density at radius 2 is 2.35 bits per heavy atom. The van der Waals surface area contributed by atoms with Crippen molar-refractivity contribution in [2.75, 3.05) is 18.5 Å². The fraction of sp³-hybridized carbons (Fsp3) is 0.429. The van der Waals surface area contributed by atoms with Crippen molar-refractivity contribution in [1.82, 2.24) is 5.32 Å². The summed E-state index contributed by atoms with van der Waals surface area (Å²) in [7, 11) is 0. The van der Waals surface area contributed by atoms with Crippen LogP contribution in [0.15, 0.2) is 18.2 Å². The highest BCUT2D eigenvalue weighted by molar-refractivity contribution is 6.31. The Balaban J connectivity index is 2.08. The highest BCUT2D eigenvalue weighted by Crippen LogP contribution is 2.29. The van der Waals surface area contributed by atoms with Gasteiger partial charge in [-0.2, -0.15) is 0 Å². The highest BCUT2D eigenvalue weighted by atomic mass is 35.5. The molecule has 0 saturated carbocycles. The molecule has 1 aliphatic rings. The molecule has 1 fully saturated rings. The Morgan fingerprint density at radius 1 is 1.55 bits per heavy atom. The summed E-state index contributed by atoms with van der Waals surface area (Å²) in [6.45, 7) is 2.94. The average Bonchev–Trinajstić information content (AvgIpc) is 2.85. The van der Waals surface area contributed by atoms with Crippen molar-refractivity contribution >= 4 is 29.1 Å². The molecule has 1 aliphatic heterocycles. The van der Waals surface area contributed by atoms with Crippen LogP contribution < -0.4 is 15.4 Å². The van der Waals surface area contributed by atoms with E-state index in [0.717, 1.165) is 6.42 Å². The molecule has 0 radical (unpaired) electrons. The van der Waals surface area contributed by atoms with Gasteiger partial charge in [-0.05, 0) is 24.6 Å². The van der Waals surface area contributed by atoms with E-state index in [1.165, 1.54) is 0 Å². The van der Waals surface area contributed by atoms with Crippen LogP contribution in [0.3, 0.4) is 0 Å². The Bertz CT molecular complexity index is 519. The molecule has 2 amide bonds. The Kier molecular flexibility index (Phi) is 4.84. The maximum atomic E-state index is 12.1. The van der Waals surface area contributed by atoms with E-state index >= 15 is 0 Å². The zero-order valence-electron chi connectivity index (χ0n) is 11.2. The number of rotatable bonds is 5. The van der Waals surface area contributed by atoms with Crippen molar-refractivity contribution in [1.29, 1.82) is 0 Å². The zero-order chi connectivity index (χ0) is 14.5. The van der Waals surface area contributed by atoms with Crippen LogP contribution in [0.5, 0.6) is 5.75 Å². The molecule has 2 N–H and O–H groups in total. The van der Waals surface area contributed by atoms with E-state index in [9.17, 15) is 9.59 Å². The quantitative estimate of drug-likeness (QED) is 0.875. The minimum absolute atomic E-state index is 0.0984. The maximum absolute atomic E-state index is 12.1. The van der Waals surface area contributed by atoms with Crippen molar-refractivity contribution in [3.8, 4) is 5.75 Å². The summed E-state index contributed by atoms with van der Waals surface area (Å²) in [6.07, 6.45) is 1.09. The van der Waals surface area contributed by atoms with Crippen LogP contribution in [0.2, 0.25) is 5.02 Å². The van der Waals surface area contributed by atoms with E-state index in [1.54, 1.807) is 18.2 Å². The normalized spacial score (nSPS) is 17.7. The maximum Gasteiger partial charge on any atom is 0.229 e. The molecule has 1 unspecified atom stereocenters. The van der Waals surface area contributed by atoms with Crippen LogP contribution in [0, 0.1) is 5.92 Å². The molecule has 0 bridgehead atoms. The number of halogens is 1. The van der Waals surface area contributed by atoms with Gasteiger partial charge in [0.25, 0.3) is 0 Å². The van der Waals surface area contributed by atoms with Crippen molar-refractivity contribution in [3.05, 3.63) is 23.2 Å². The lowest BCUT2D eigenvalue weighted by Gasteiger charge is -2.14. The topological polar surface area (TPSA) is 67.4 Å². The van der Waals surface area contributed by atoms with Gasteiger partial charge in [0.15, 0.2) is 0 Å². The number of hydrogen-bond acceptors (Lipinski definition) is 3. The highest BCUT2D eigenvalue weighted by Gasteiger charge is 2.28. The van der Waals surface area contributed by atoms with Crippen molar-refractivity contribution < 1.29 is 14.3 Å². The molecule has 1 atom stereocenters. The second-order valence-corrected chi connectivity index (χ2v) is 5.12. The van der Waals surface area contributed by atoms with Crippen LogP contribution in [-0.2, 0) is 9.59 Å². The molecule has 108 valence electrons. The molecule has 0 aromatic heterocycles. The first kappa shape index (κ1) is 14.7. The van der Waals surface area contributed by atoms with Crippen LogP contribution >= 0.6 is 11.6 Å². The number of amides is 2. The molecule has 2 rings (SSSR count). The third kappa shape index (κ3) is 3.63. The van der Waals surface area contributed by atoms with Gasteiger partial charge in [-0.1, -0.05) is 18.5 Å². The summed E-state index contributed by atoms with van der Waals surface area (Å²) >= 11 is 5.94. The van der Waals surface area contributed by atoms with Crippen molar-refractivity contribution in [3.63, 3.8) is 0 Å². The molecule has 0 aliphatic carbocycles. The summed E-state index contributed by atoms with van der Waals surface area (Å²) in [5.74, 6) is -0.0620. The number of hydrogen-bond donors (Lipinski definition) is 2. The molecule has 1 heterocycles. The lowest BCUT2D eigenvalue weighted by molar-refractivity contribution is -0.123. The van der Waals surface area contributed by atoms with Crippen LogP contribution in [-0.4, -0.2) is 25.0 Å². The fourth-order valence-corrected chi connectivity index (χ4v) is 2.14. The van der Waals surface area contributed by atoms with Crippen LogP contribution in [0.25, 0.3) is 0 Å². The second-order valence-electron chi connectivity index (χ2n) is 4.68. The first-order valence-electron chi connectivity index (χ1n) is 6.60. The third-order valence-corrected chi connectivity index (χ3v) is 3.24. The van der Waals surface area contributed by atoms with Gasteiger partial charge in [0, 0.05) is 18.0 Å². The third-order valence-electron chi connectivity index (χ3n) is 3.01. The minimum Gasteiger partial charge on any atom is -0.491 e. The monoisotopic (exact) mass is 296 g/mol. The van der Waals surface area contributed by atoms with E-state index in [-0.39, 0.29) is 24.2 Å². The SMILES string of the molecule is CCCOc1ccc(Cl)cc1NC(=O)C1CNC(=O)C1. The fourth-order valence-electron chi connectivity index (χ4n) is 1.96. The van der Waals surface area contributed by atoms with Gasteiger partial charge in [0.05, 0.1) is 18.2 Å². The summed E-state index contributed by atoms with van der Waals surface area (Å²) in [6, 6.07) is 5.09. The minimum atomic E-state index is -0.347. The summed E-state index contributed by atoms with van der Waals surface area (Å²) in [5.41, 5.74) is 0.537. The Morgan fingerprint density at radius 3 is 3.00 bits per heavy atom. The second kappa shape index (κ2) is 6.61. The smallest absolute Gasteiger partial charge is 0.229 e. The number of carbonyl (C=O) groups excluding carboxylic acids is 2. The first-order chi connectivity index (χ1) is 9.60. The van der Waals surface area contributed by atoms with Crippen LogP contribution in [0.4, 0.5) is 5.69 Å². The van der Waals surface area contributed by atoms with Gasteiger partial charge in [0.2, 0.25) is 11.8 Å². The lowest BCUT2D eigenvalue weighted by Crippen LogP contribution is -2.25. The average molecular weight is 297 g/mol. The van der Waals surface area contributed by atoms with Gasteiger partial charge in [-0.15, -0.1) is 0 Å². The molecular formula is C14H17ClN2O3. The van der Waals surface area contributed by atoms with Gasteiger partial charge in [-0.25, -0.2) is 0 Å². The largest absolute Gasteiger partial charge is 0.491 e. The molecule has 5 nitrogen and oxygen atoms in total. The summed E-state index contributed by atoms with van der Waals surface area (Å²) in [4.78, 5) is 23.2. The Hall–Kier alpha value is -1.75. The van der Waals surface area contributed by atoms with E-state index in [0.29, 0.717) is 29.6 Å². The predicted octanol–water partition coefficient (Wildman–Crippen LogP) is 2.20. The molecule has 1 aromatic carbocycles. The standard InChI is InChI=1S/C14H17ClN2O3/c1-2-5-20-12-4-3-10(15)7-11(12)17-14(19)9-6-13(18)16-8-9/h3-4,7,9H,2,5-6,8H2,1H3,(H,16,18)(H,17,19). The van der Waals surface area contributed by atoms with Gasteiger partial charge in [0.1, 0.15) is 5.75 Å². The molecule has 20 heavy (non-hydrogen) atoms. The van der Waals surface area contributed by atoms with Gasteiger partial charge < -0.3 is 15.4 Å². The molecule has 1 saturated heterocycles. The molecule has 1 aromatic rings. The number of nitrogens with one attached hydrogen (secondary N) is 2. The first-order valence-corrected chi connectivity index (χ1v) is 6.98. The molecule has 6 heteroatoms. The van der Waals surface area contributed by atoms with Gasteiger partial charge in [-0.3, -0.25) is 9.59 Å². The summed E-state index contributed by atoms with van der Waals surface area (Å²) in [5, 5.41) is 5.94. The van der Waals surface area contributed by atoms with E-state index < -0.39 is 0 Å².